The number of nitrogens with one attached hydrogen (secondary N) is 2. The zero-order valence-corrected chi connectivity index (χ0v) is 14.3. The highest BCUT2D eigenvalue weighted by Crippen LogP contribution is 2.28. The van der Waals surface area contributed by atoms with Crippen LogP contribution in [0.5, 0.6) is 5.75 Å². The summed E-state index contributed by atoms with van der Waals surface area (Å²) < 4.78 is 20.8. The maximum absolute atomic E-state index is 11.9. The van der Waals surface area contributed by atoms with E-state index in [-0.39, 0.29) is 12.0 Å². The quantitative estimate of drug-likeness (QED) is 0.592. The number of carbonyl (C=O) groups is 1. The molecule has 6 heteroatoms. The van der Waals surface area contributed by atoms with Gasteiger partial charge < -0.3 is 14.6 Å². The van der Waals surface area contributed by atoms with Crippen LogP contribution in [0.3, 0.4) is 0 Å². The number of hydrogen-bond acceptors (Lipinski definition) is 4. The van der Waals surface area contributed by atoms with Crippen LogP contribution in [0.4, 0.5) is 0 Å². The number of ether oxygens (including phenoxy) is 1. The average Bonchev–Trinajstić information content (AvgIpc) is 2.60. The second-order valence-electron chi connectivity index (χ2n) is 5.54. The van der Waals surface area contributed by atoms with E-state index in [2.05, 4.69) is 16.6 Å². The van der Waals surface area contributed by atoms with Crippen molar-refractivity contribution in [3.8, 4) is 5.75 Å². The summed E-state index contributed by atoms with van der Waals surface area (Å²) in [6, 6.07) is 5.45. The van der Waals surface area contributed by atoms with Gasteiger partial charge >= 0.3 is 0 Å². The van der Waals surface area contributed by atoms with Gasteiger partial charge in [-0.2, -0.15) is 0 Å². The fourth-order valence-corrected chi connectivity index (χ4v) is 3.34. The lowest BCUT2D eigenvalue weighted by atomic mass is 9.97. The van der Waals surface area contributed by atoms with Gasteiger partial charge in [-0.1, -0.05) is 13.0 Å². The molecule has 2 rings (SSSR count). The Kier molecular flexibility index (Phi) is 6.95. The Balaban J connectivity index is 2.16. The molecule has 2 N–H and O–H groups in total. The van der Waals surface area contributed by atoms with Crippen molar-refractivity contribution in [1.29, 1.82) is 0 Å². The second-order valence-corrected chi connectivity index (χ2v) is 6.96. The van der Waals surface area contributed by atoms with Gasteiger partial charge in [-0.05, 0) is 43.9 Å². The number of rotatable bonds is 7. The van der Waals surface area contributed by atoms with Crippen molar-refractivity contribution in [1.82, 2.24) is 10.0 Å². The summed E-state index contributed by atoms with van der Waals surface area (Å²) in [6.07, 6.45) is 7.22. The van der Waals surface area contributed by atoms with E-state index in [4.69, 9.17) is 4.74 Å². The summed E-state index contributed by atoms with van der Waals surface area (Å²) in [5.74, 6) is 0.506. The van der Waals surface area contributed by atoms with Crippen molar-refractivity contribution in [2.45, 2.75) is 49.6 Å². The molecule has 1 aliphatic carbocycles. The lowest BCUT2D eigenvalue weighted by Crippen LogP contribution is -2.24. The normalized spacial score (nSPS) is 16.6. The number of carbonyl (C=O) groups excluding carboxylic acids is 1. The molecule has 0 saturated heterocycles. The molecule has 126 valence electrons. The van der Waals surface area contributed by atoms with E-state index in [1.54, 1.807) is 13.1 Å². The zero-order chi connectivity index (χ0) is 16.7. The highest BCUT2D eigenvalue weighted by Gasteiger charge is 2.19. The molecule has 0 spiro atoms. The Morgan fingerprint density at radius 2 is 2.17 bits per heavy atom. The molecular weight excluding hydrogens is 312 g/mol. The van der Waals surface area contributed by atoms with Gasteiger partial charge in [0, 0.05) is 25.2 Å². The van der Waals surface area contributed by atoms with Crippen molar-refractivity contribution in [2.24, 2.45) is 0 Å². The predicted molar refractivity (Wildman–Crippen MR) is 91.5 cm³/mol. The molecular formula is C17H24N2O3S. The number of amides is 1. The summed E-state index contributed by atoms with van der Waals surface area (Å²) >= 11 is -1.27. The van der Waals surface area contributed by atoms with Gasteiger partial charge in [0.15, 0.2) is 4.90 Å². The van der Waals surface area contributed by atoms with Gasteiger partial charge in [-0.15, -0.1) is 4.72 Å². The molecule has 1 aliphatic rings. The zero-order valence-electron chi connectivity index (χ0n) is 13.5. The van der Waals surface area contributed by atoms with E-state index in [0.29, 0.717) is 11.4 Å². The number of hydrogen-bond donors (Lipinski definition) is 2. The van der Waals surface area contributed by atoms with E-state index >= 15 is 0 Å². The Morgan fingerprint density at radius 1 is 1.43 bits per heavy atom. The third kappa shape index (κ3) is 5.27. The van der Waals surface area contributed by atoms with E-state index in [9.17, 15) is 9.35 Å². The van der Waals surface area contributed by atoms with Crippen molar-refractivity contribution < 1.29 is 14.1 Å². The minimum atomic E-state index is -1.27. The Bertz CT molecular complexity index is 545. The van der Waals surface area contributed by atoms with Crippen LogP contribution in [-0.2, 0) is 22.7 Å². The van der Waals surface area contributed by atoms with Crippen LogP contribution in [0, 0.1) is 0 Å². The molecule has 1 saturated carbocycles. The highest BCUT2D eigenvalue weighted by molar-refractivity contribution is 7.89. The standard InChI is InChI=1S/C17H24N2O3S/c1-3-17(20)19-12-13-11-15(23(21)18-2)9-10-16(13)22-14-7-5-4-6-8-14/h3,9-11,14,18H,1,4-8,12H2,2H3,(H,19,20). The van der Waals surface area contributed by atoms with Gasteiger partial charge in [0.25, 0.3) is 0 Å². The largest absolute Gasteiger partial charge is 0.593 e. The molecule has 1 aromatic carbocycles. The molecule has 0 aliphatic heterocycles. The Labute approximate surface area is 140 Å². The van der Waals surface area contributed by atoms with Crippen LogP contribution in [0.2, 0.25) is 0 Å². The maximum atomic E-state index is 11.9. The molecule has 1 fully saturated rings. The molecule has 1 unspecified atom stereocenters. The van der Waals surface area contributed by atoms with Gasteiger partial charge in [0.05, 0.1) is 17.5 Å². The van der Waals surface area contributed by atoms with Crippen molar-refractivity contribution in [2.75, 3.05) is 7.05 Å². The van der Waals surface area contributed by atoms with Crippen molar-refractivity contribution >= 4 is 17.3 Å². The van der Waals surface area contributed by atoms with E-state index in [0.717, 1.165) is 24.2 Å². The van der Waals surface area contributed by atoms with Crippen LogP contribution in [0.25, 0.3) is 0 Å². The minimum absolute atomic E-state index is 0.221. The molecule has 1 atom stereocenters. The van der Waals surface area contributed by atoms with E-state index < -0.39 is 11.4 Å². The highest BCUT2D eigenvalue weighted by atomic mass is 32.2. The molecule has 1 aromatic rings. The first kappa shape index (κ1) is 17.8. The summed E-state index contributed by atoms with van der Waals surface area (Å²) in [5.41, 5.74) is 0.826. The van der Waals surface area contributed by atoms with Crippen LogP contribution in [-0.4, -0.2) is 23.6 Å². The molecule has 0 heterocycles. The lowest BCUT2D eigenvalue weighted by molar-refractivity contribution is -0.116. The predicted octanol–water partition coefficient (Wildman–Crippen LogP) is 2.44. The molecule has 5 nitrogen and oxygen atoms in total. The van der Waals surface area contributed by atoms with Gasteiger partial charge in [-0.3, -0.25) is 4.79 Å². The SMILES string of the molecule is C=CC(=O)NCc1cc([S+]([O-])NC)ccc1OC1CCCCC1. The molecule has 1 amide bonds. The number of benzene rings is 1. The first-order valence-corrected chi connectivity index (χ1v) is 9.08. The first-order valence-electron chi connectivity index (χ1n) is 7.93. The molecule has 0 aromatic heterocycles. The van der Waals surface area contributed by atoms with Crippen LogP contribution in [0.15, 0.2) is 35.7 Å². The smallest absolute Gasteiger partial charge is 0.243 e. The van der Waals surface area contributed by atoms with Gasteiger partial charge in [-0.25, -0.2) is 0 Å². The third-order valence-electron chi connectivity index (χ3n) is 3.92. The third-order valence-corrected chi connectivity index (χ3v) is 4.97. The van der Waals surface area contributed by atoms with Crippen molar-refractivity contribution in [3.63, 3.8) is 0 Å². The average molecular weight is 336 g/mol. The minimum Gasteiger partial charge on any atom is -0.593 e. The fourth-order valence-electron chi connectivity index (χ4n) is 2.66. The molecule has 23 heavy (non-hydrogen) atoms. The first-order chi connectivity index (χ1) is 11.1. The van der Waals surface area contributed by atoms with Gasteiger partial charge in [0.2, 0.25) is 5.91 Å². The van der Waals surface area contributed by atoms with Crippen LogP contribution < -0.4 is 14.8 Å². The van der Waals surface area contributed by atoms with Crippen LogP contribution in [0.1, 0.15) is 37.7 Å². The monoisotopic (exact) mass is 336 g/mol. The van der Waals surface area contributed by atoms with E-state index in [1.807, 2.05) is 12.1 Å². The topological polar surface area (TPSA) is 73.4 Å². The fraction of sp³-hybridized carbons (Fsp3) is 0.471. The summed E-state index contributed by atoms with van der Waals surface area (Å²) in [7, 11) is 1.64. The molecule has 0 bridgehead atoms. The lowest BCUT2D eigenvalue weighted by Gasteiger charge is -2.24. The summed E-state index contributed by atoms with van der Waals surface area (Å²) in [4.78, 5) is 12.1. The van der Waals surface area contributed by atoms with Gasteiger partial charge in [0.1, 0.15) is 5.75 Å². The second kappa shape index (κ2) is 8.96. The maximum Gasteiger partial charge on any atom is 0.243 e. The summed E-state index contributed by atoms with van der Waals surface area (Å²) in [5, 5.41) is 2.75. The van der Waals surface area contributed by atoms with E-state index in [1.165, 1.54) is 25.3 Å². The molecule has 0 radical (unpaired) electrons. The van der Waals surface area contributed by atoms with Crippen LogP contribution >= 0.6 is 0 Å². The Morgan fingerprint density at radius 3 is 2.83 bits per heavy atom. The summed E-state index contributed by atoms with van der Waals surface area (Å²) in [6.45, 7) is 3.77. The van der Waals surface area contributed by atoms with Crippen molar-refractivity contribution in [3.05, 3.63) is 36.4 Å². The Hall–Kier alpha value is -1.50.